The van der Waals surface area contributed by atoms with Crippen molar-refractivity contribution >= 4 is 40.7 Å². The fraction of sp³-hybridized carbons (Fsp3) is 0. The van der Waals surface area contributed by atoms with E-state index >= 15 is 0 Å². The lowest BCUT2D eigenvalue weighted by atomic mass is 10.3. The second-order valence-electron chi connectivity index (χ2n) is 4.30. The molecule has 8 nitrogen and oxygen atoms in total. The Labute approximate surface area is 140 Å². The van der Waals surface area contributed by atoms with Gasteiger partial charge in [0, 0.05) is 11.1 Å². The maximum Gasteiger partial charge on any atom is 0.324 e. The summed E-state index contributed by atoms with van der Waals surface area (Å²) in [4.78, 5) is 23.9. The Morgan fingerprint density at radius 2 is 1.96 bits per heavy atom. The Morgan fingerprint density at radius 1 is 1.09 bits per heavy atom. The van der Waals surface area contributed by atoms with E-state index in [1.54, 1.807) is 24.3 Å². The van der Waals surface area contributed by atoms with E-state index in [1.165, 1.54) is 23.7 Å². The van der Waals surface area contributed by atoms with E-state index in [-0.39, 0.29) is 0 Å². The van der Waals surface area contributed by atoms with E-state index in [4.69, 9.17) is 23.2 Å². The van der Waals surface area contributed by atoms with Crippen molar-refractivity contribution in [3.8, 4) is 5.82 Å². The van der Waals surface area contributed by atoms with Crippen molar-refractivity contribution in [2.24, 2.45) is 0 Å². The lowest BCUT2D eigenvalue weighted by molar-refractivity contribution is 0.262. The molecular weight excluding hydrogens is 341 g/mol. The van der Waals surface area contributed by atoms with Crippen LogP contribution in [0.25, 0.3) is 5.82 Å². The lowest BCUT2D eigenvalue weighted by Gasteiger charge is -2.09. The zero-order valence-corrected chi connectivity index (χ0v) is 13.0. The smallest absolute Gasteiger partial charge is 0.306 e. The zero-order chi connectivity index (χ0) is 16.2. The van der Waals surface area contributed by atoms with Gasteiger partial charge in [-0.2, -0.15) is 5.10 Å². The van der Waals surface area contributed by atoms with Gasteiger partial charge in [-0.25, -0.2) is 24.4 Å². The number of nitrogens with one attached hydrogen (secondary N) is 2. The number of nitrogens with zero attached hydrogens (tertiary/aromatic N) is 5. The van der Waals surface area contributed by atoms with Crippen LogP contribution in [-0.2, 0) is 0 Å². The standard InChI is InChI=1S/C13H9Cl2N7O/c14-8-1-2-9(15)10(3-8)20-13(23)21-11-4-12(18-6-17-11)22-7-16-5-19-22/h1-7H,(H2,17,18,20,21,23). The van der Waals surface area contributed by atoms with Gasteiger partial charge in [0.2, 0.25) is 0 Å². The topological polar surface area (TPSA) is 97.6 Å². The van der Waals surface area contributed by atoms with Gasteiger partial charge >= 0.3 is 6.03 Å². The highest BCUT2D eigenvalue weighted by Gasteiger charge is 2.09. The fourth-order valence-electron chi connectivity index (χ4n) is 1.73. The largest absolute Gasteiger partial charge is 0.324 e. The minimum absolute atomic E-state index is 0.293. The number of carbonyl (C=O) groups excluding carboxylic acids is 1. The van der Waals surface area contributed by atoms with Crippen molar-refractivity contribution in [3.63, 3.8) is 0 Å². The average molecular weight is 350 g/mol. The van der Waals surface area contributed by atoms with E-state index in [0.29, 0.717) is 27.4 Å². The van der Waals surface area contributed by atoms with Crippen LogP contribution >= 0.6 is 23.2 Å². The second kappa shape index (κ2) is 6.59. The summed E-state index contributed by atoms with van der Waals surface area (Å²) in [5, 5.41) is 9.95. The first-order valence-electron chi connectivity index (χ1n) is 6.32. The molecule has 2 heterocycles. The van der Waals surface area contributed by atoms with E-state index in [0.717, 1.165) is 0 Å². The monoisotopic (exact) mass is 349 g/mol. The molecule has 116 valence electrons. The van der Waals surface area contributed by atoms with Crippen molar-refractivity contribution in [1.29, 1.82) is 0 Å². The Hall–Kier alpha value is -2.71. The molecule has 2 amide bonds. The van der Waals surface area contributed by atoms with Crippen molar-refractivity contribution in [2.75, 3.05) is 10.6 Å². The summed E-state index contributed by atoms with van der Waals surface area (Å²) in [5.74, 6) is 0.759. The molecule has 23 heavy (non-hydrogen) atoms. The van der Waals surface area contributed by atoms with Gasteiger partial charge in [-0.1, -0.05) is 23.2 Å². The number of benzene rings is 1. The third-order valence-corrected chi connectivity index (χ3v) is 3.29. The summed E-state index contributed by atoms with van der Waals surface area (Å²) < 4.78 is 1.44. The molecule has 0 radical (unpaired) electrons. The van der Waals surface area contributed by atoms with Crippen molar-refractivity contribution in [2.45, 2.75) is 0 Å². The van der Waals surface area contributed by atoms with Gasteiger partial charge in [-0.05, 0) is 18.2 Å². The molecule has 0 aliphatic carbocycles. The van der Waals surface area contributed by atoms with E-state index in [1.807, 2.05) is 0 Å². The highest BCUT2D eigenvalue weighted by atomic mass is 35.5. The predicted molar refractivity (Wildman–Crippen MR) is 86.1 cm³/mol. The van der Waals surface area contributed by atoms with Crippen LogP contribution in [-0.4, -0.2) is 30.8 Å². The molecule has 0 atom stereocenters. The average Bonchev–Trinajstić information content (AvgIpc) is 3.05. The number of halogens is 2. The van der Waals surface area contributed by atoms with Crippen LogP contribution < -0.4 is 10.6 Å². The molecule has 3 aromatic rings. The minimum atomic E-state index is -0.516. The molecule has 0 spiro atoms. The molecule has 0 saturated carbocycles. The highest BCUT2D eigenvalue weighted by molar-refractivity contribution is 6.35. The number of carbonyl (C=O) groups is 1. The van der Waals surface area contributed by atoms with Crippen LogP contribution in [0.5, 0.6) is 0 Å². The third kappa shape index (κ3) is 3.74. The van der Waals surface area contributed by atoms with Gasteiger partial charge in [0.1, 0.15) is 24.8 Å². The van der Waals surface area contributed by atoms with Crippen LogP contribution in [0.2, 0.25) is 10.0 Å². The summed E-state index contributed by atoms with van der Waals surface area (Å²) in [6.45, 7) is 0. The fourth-order valence-corrected chi connectivity index (χ4v) is 2.07. The number of aromatic nitrogens is 5. The molecule has 0 aliphatic rings. The Morgan fingerprint density at radius 3 is 2.74 bits per heavy atom. The van der Waals surface area contributed by atoms with Gasteiger partial charge in [0.05, 0.1) is 10.7 Å². The van der Waals surface area contributed by atoms with Gasteiger partial charge in [-0.3, -0.25) is 5.32 Å². The van der Waals surface area contributed by atoms with Crippen LogP contribution in [0, 0.1) is 0 Å². The number of urea groups is 1. The van der Waals surface area contributed by atoms with Gasteiger partial charge in [0.25, 0.3) is 0 Å². The van der Waals surface area contributed by atoms with Crippen LogP contribution in [0.3, 0.4) is 0 Å². The van der Waals surface area contributed by atoms with Gasteiger partial charge in [-0.15, -0.1) is 0 Å². The molecule has 0 unspecified atom stereocenters. The summed E-state index contributed by atoms with van der Waals surface area (Å²) >= 11 is 11.9. The maximum absolute atomic E-state index is 12.0. The number of hydrogen-bond acceptors (Lipinski definition) is 5. The predicted octanol–water partition coefficient (Wildman–Crippen LogP) is 3.01. The normalized spacial score (nSPS) is 10.3. The number of hydrogen-bond donors (Lipinski definition) is 2. The summed E-state index contributed by atoms with van der Waals surface area (Å²) in [6, 6.07) is 5.80. The second-order valence-corrected chi connectivity index (χ2v) is 5.15. The van der Waals surface area contributed by atoms with Crippen molar-refractivity contribution < 1.29 is 4.79 Å². The SMILES string of the molecule is O=C(Nc1cc(-n2cncn2)ncn1)Nc1cc(Cl)ccc1Cl. The molecular formula is C13H9Cl2N7O. The van der Waals surface area contributed by atoms with Gasteiger partial charge < -0.3 is 5.32 Å². The lowest BCUT2D eigenvalue weighted by Crippen LogP contribution is -2.20. The third-order valence-electron chi connectivity index (χ3n) is 2.72. The molecule has 1 aromatic carbocycles. The van der Waals surface area contributed by atoms with E-state index < -0.39 is 6.03 Å². The van der Waals surface area contributed by atoms with Crippen molar-refractivity contribution in [3.05, 3.63) is 53.3 Å². The molecule has 10 heteroatoms. The highest BCUT2D eigenvalue weighted by Crippen LogP contribution is 2.25. The number of rotatable bonds is 3. The first-order valence-corrected chi connectivity index (χ1v) is 7.07. The minimum Gasteiger partial charge on any atom is -0.306 e. The maximum atomic E-state index is 12.0. The summed E-state index contributed by atoms with van der Waals surface area (Å²) in [6.07, 6.45) is 4.17. The summed E-state index contributed by atoms with van der Waals surface area (Å²) in [7, 11) is 0. The van der Waals surface area contributed by atoms with Crippen LogP contribution in [0.1, 0.15) is 0 Å². The van der Waals surface area contributed by atoms with Crippen LogP contribution in [0.15, 0.2) is 43.2 Å². The van der Waals surface area contributed by atoms with E-state index in [2.05, 4.69) is 30.7 Å². The van der Waals surface area contributed by atoms with Crippen LogP contribution in [0.4, 0.5) is 16.3 Å². The number of amides is 2. The molecule has 0 saturated heterocycles. The molecule has 2 N–H and O–H groups in total. The molecule has 0 aliphatic heterocycles. The van der Waals surface area contributed by atoms with E-state index in [9.17, 15) is 4.79 Å². The first-order chi connectivity index (χ1) is 11.1. The molecule has 0 fully saturated rings. The summed E-state index contributed by atoms with van der Waals surface area (Å²) in [5.41, 5.74) is 0.391. The molecule has 2 aromatic heterocycles. The molecule has 0 bridgehead atoms. The Bertz CT molecular complexity index is 838. The Balaban J connectivity index is 1.73. The molecule has 3 rings (SSSR count). The quantitative estimate of drug-likeness (QED) is 0.757. The zero-order valence-electron chi connectivity index (χ0n) is 11.4. The van der Waals surface area contributed by atoms with Gasteiger partial charge in [0.15, 0.2) is 5.82 Å². The Kier molecular flexibility index (Phi) is 4.35. The van der Waals surface area contributed by atoms with Crippen molar-refractivity contribution in [1.82, 2.24) is 24.7 Å². The number of anilines is 2. The first kappa shape index (κ1) is 15.2.